The number of carboxylic acid groups (broad SMARTS) is 1. The number of thiophene rings is 1. The topological polar surface area (TPSA) is 66.4 Å². The Labute approximate surface area is 128 Å². The molecule has 0 fully saturated rings. The van der Waals surface area contributed by atoms with Crippen molar-refractivity contribution in [3.63, 3.8) is 0 Å². The maximum atomic E-state index is 12.0. The molecule has 104 valence electrons. The van der Waals surface area contributed by atoms with E-state index < -0.39 is 12.0 Å². The van der Waals surface area contributed by atoms with Gasteiger partial charge in [-0.05, 0) is 33.6 Å². The van der Waals surface area contributed by atoms with E-state index in [2.05, 4.69) is 21.2 Å². The Balaban J connectivity index is 2.06. The van der Waals surface area contributed by atoms with Gasteiger partial charge in [0.1, 0.15) is 6.04 Å². The Kier molecular flexibility index (Phi) is 4.92. The highest BCUT2D eigenvalue weighted by atomic mass is 79.9. The summed E-state index contributed by atoms with van der Waals surface area (Å²) in [5.41, 5.74) is 0.868. The molecule has 1 amide bonds. The molecule has 0 radical (unpaired) electrons. The highest BCUT2D eigenvalue weighted by Crippen LogP contribution is 2.22. The first-order chi connectivity index (χ1) is 9.56. The first-order valence-electron chi connectivity index (χ1n) is 5.89. The molecule has 0 aliphatic heterocycles. The number of amides is 1. The highest BCUT2D eigenvalue weighted by Gasteiger charge is 2.21. The van der Waals surface area contributed by atoms with Gasteiger partial charge >= 0.3 is 5.97 Å². The lowest BCUT2D eigenvalue weighted by Crippen LogP contribution is -2.42. The summed E-state index contributed by atoms with van der Waals surface area (Å²) in [5, 5.41) is 11.8. The largest absolute Gasteiger partial charge is 0.480 e. The summed E-state index contributed by atoms with van der Waals surface area (Å²) >= 11 is 4.54. The number of hydrogen-bond donors (Lipinski definition) is 2. The van der Waals surface area contributed by atoms with Gasteiger partial charge in [0, 0.05) is 6.42 Å². The molecule has 1 aromatic carbocycles. The van der Waals surface area contributed by atoms with Gasteiger partial charge in [-0.2, -0.15) is 0 Å². The number of hydrogen-bond acceptors (Lipinski definition) is 3. The van der Waals surface area contributed by atoms with Crippen LogP contribution in [0, 0.1) is 0 Å². The van der Waals surface area contributed by atoms with Crippen molar-refractivity contribution >= 4 is 39.1 Å². The molecule has 20 heavy (non-hydrogen) atoms. The van der Waals surface area contributed by atoms with Crippen LogP contribution in [0.1, 0.15) is 15.2 Å². The summed E-state index contributed by atoms with van der Waals surface area (Å²) in [6.07, 6.45) is 0.258. The van der Waals surface area contributed by atoms with Gasteiger partial charge in [0.2, 0.25) is 0 Å². The molecule has 4 nitrogen and oxygen atoms in total. The second-order valence-electron chi connectivity index (χ2n) is 4.16. The van der Waals surface area contributed by atoms with Crippen molar-refractivity contribution in [2.75, 3.05) is 0 Å². The summed E-state index contributed by atoms with van der Waals surface area (Å²) < 4.78 is 0.831. The number of rotatable bonds is 5. The molecule has 1 atom stereocenters. The normalized spacial score (nSPS) is 11.8. The maximum Gasteiger partial charge on any atom is 0.326 e. The SMILES string of the molecule is O=C(N[C@H](Cc1ccccc1)C(=O)O)c1ccc(Br)s1. The molecule has 0 aliphatic rings. The monoisotopic (exact) mass is 353 g/mol. The van der Waals surface area contributed by atoms with Gasteiger partial charge in [0.05, 0.1) is 8.66 Å². The predicted octanol–water partition coefficient (Wildman–Crippen LogP) is 2.94. The zero-order chi connectivity index (χ0) is 14.5. The zero-order valence-corrected chi connectivity index (χ0v) is 12.8. The minimum atomic E-state index is -1.04. The third-order valence-corrected chi connectivity index (χ3v) is 4.31. The second kappa shape index (κ2) is 6.67. The van der Waals surface area contributed by atoms with Crippen LogP contribution in [0.5, 0.6) is 0 Å². The van der Waals surface area contributed by atoms with Crippen LogP contribution in [0.3, 0.4) is 0 Å². The van der Waals surface area contributed by atoms with Gasteiger partial charge in [0.15, 0.2) is 0 Å². The molecule has 2 rings (SSSR count). The van der Waals surface area contributed by atoms with Crippen molar-refractivity contribution in [3.8, 4) is 0 Å². The Bertz CT molecular complexity index is 612. The maximum absolute atomic E-state index is 12.0. The quantitative estimate of drug-likeness (QED) is 0.868. The van der Waals surface area contributed by atoms with Crippen LogP contribution in [-0.4, -0.2) is 23.0 Å². The van der Waals surface area contributed by atoms with Gasteiger partial charge in [-0.25, -0.2) is 4.79 Å². The van der Waals surface area contributed by atoms with E-state index in [-0.39, 0.29) is 12.3 Å². The molecule has 0 saturated heterocycles. The van der Waals surface area contributed by atoms with Crippen LogP contribution in [0.2, 0.25) is 0 Å². The van der Waals surface area contributed by atoms with E-state index >= 15 is 0 Å². The van der Waals surface area contributed by atoms with Gasteiger partial charge in [0.25, 0.3) is 5.91 Å². The van der Waals surface area contributed by atoms with Crippen molar-refractivity contribution in [1.29, 1.82) is 0 Å². The standard InChI is InChI=1S/C14H12BrNO3S/c15-12-7-6-11(20-12)13(17)16-10(14(18)19)8-9-4-2-1-3-5-9/h1-7,10H,8H2,(H,16,17)(H,18,19)/t10-/m1/s1. The summed E-state index contributed by atoms with van der Waals surface area (Å²) in [7, 11) is 0. The van der Waals surface area contributed by atoms with E-state index in [9.17, 15) is 14.7 Å². The first kappa shape index (κ1) is 14.7. The number of benzene rings is 1. The Morgan fingerprint density at radius 2 is 1.90 bits per heavy atom. The Morgan fingerprint density at radius 1 is 1.20 bits per heavy atom. The summed E-state index contributed by atoms with van der Waals surface area (Å²) in [6.45, 7) is 0. The van der Waals surface area contributed by atoms with Crippen LogP contribution in [0.25, 0.3) is 0 Å². The number of carboxylic acids is 1. The fraction of sp³-hybridized carbons (Fsp3) is 0.143. The molecule has 0 bridgehead atoms. The van der Waals surface area contributed by atoms with Gasteiger partial charge in [-0.15, -0.1) is 11.3 Å². The van der Waals surface area contributed by atoms with E-state index in [1.54, 1.807) is 12.1 Å². The average Bonchev–Trinajstić information content (AvgIpc) is 2.86. The summed E-state index contributed by atoms with van der Waals surface area (Å²) in [6, 6.07) is 11.7. The van der Waals surface area contributed by atoms with E-state index in [1.165, 1.54) is 11.3 Å². The third-order valence-electron chi connectivity index (χ3n) is 2.68. The van der Waals surface area contributed by atoms with Gasteiger partial charge < -0.3 is 10.4 Å². The number of halogens is 1. The lowest BCUT2D eigenvalue weighted by atomic mass is 10.1. The van der Waals surface area contributed by atoms with Crippen LogP contribution < -0.4 is 5.32 Å². The summed E-state index contributed by atoms with van der Waals surface area (Å²) in [5.74, 6) is -1.41. The molecule has 2 aromatic rings. The molecule has 0 spiro atoms. The van der Waals surface area contributed by atoms with E-state index in [0.29, 0.717) is 4.88 Å². The number of aliphatic carboxylic acids is 1. The molecule has 1 heterocycles. The molecule has 2 N–H and O–H groups in total. The van der Waals surface area contributed by atoms with E-state index in [4.69, 9.17) is 0 Å². The predicted molar refractivity (Wildman–Crippen MR) is 81.1 cm³/mol. The smallest absolute Gasteiger partial charge is 0.326 e. The molecular weight excluding hydrogens is 342 g/mol. The van der Waals surface area contributed by atoms with Gasteiger partial charge in [-0.3, -0.25) is 4.79 Å². The fourth-order valence-electron chi connectivity index (χ4n) is 1.72. The average molecular weight is 354 g/mol. The lowest BCUT2D eigenvalue weighted by Gasteiger charge is -2.14. The highest BCUT2D eigenvalue weighted by molar-refractivity contribution is 9.11. The van der Waals surface area contributed by atoms with Crippen LogP contribution >= 0.6 is 27.3 Å². The van der Waals surface area contributed by atoms with E-state index in [0.717, 1.165) is 9.35 Å². The first-order valence-corrected chi connectivity index (χ1v) is 7.50. The zero-order valence-electron chi connectivity index (χ0n) is 10.4. The van der Waals surface area contributed by atoms with Crippen molar-refractivity contribution in [2.45, 2.75) is 12.5 Å². The number of nitrogens with one attached hydrogen (secondary N) is 1. The molecule has 1 aromatic heterocycles. The number of carbonyl (C=O) groups is 2. The molecule has 0 unspecified atom stereocenters. The Hall–Kier alpha value is -1.66. The minimum Gasteiger partial charge on any atom is -0.480 e. The lowest BCUT2D eigenvalue weighted by molar-refractivity contribution is -0.139. The molecule has 0 aliphatic carbocycles. The molecular formula is C14H12BrNO3S. The second-order valence-corrected chi connectivity index (χ2v) is 6.62. The molecule has 6 heteroatoms. The van der Waals surface area contributed by atoms with Crippen molar-refractivity contribution in [1.82, 2.24) is 5.32 Å². The minimum absolute atomic E-state index is 0.258. The van der Waals surface area contributed by atoms with Crippen molar-refractivity contribution < 1.29 is 14.7 Å². The Morgan fingerprint density at radius 3 is 2.45 bits per heavy atom. The van der Waals surface area contributed by atoms with Crippen LogP contribution in [0.15, 0.2) is 46.3 Å². The van der Waals surface area contributed by atoms with Gasteiger partial charge in [-0.1, -0.05) is 30.3 Å². The summed E-state index contributed by atoms with van der Waals surface area (Å²) in [4.78, 5) is 23.7. The van der Waals surface area contributed by atoms with E-state index in [1.807, 2.05) is 30.3 Å². The van der Waals surface area contributed by atoms with Crippen molar-refractivity contribution in [3.05, 3.63) is 56.7 Å². The fourth-order valence-corrected chi connectivity index (χ4v) is 3.00. The van der Waals surface area contributed by atoms with Crippen molar-refractivity contribution in [2.24, 2.45) is 0 Å². The number of carbonyl (C=O) groups excluding carboxylic acids is 1. The van der Waals surface area contributed by atoms with Crippen LogP contribution in [-0.2, 0) is 11.2 Å². The third kappa shape index (κ3) is 3.91. The molecule has 0 saturated carbocycles. The van der Waals surface area contributed by atoms with Crippen LogP contribution in [0.4, 0.5) is 0 Å².